The summed E-state index contributed by atoms with van der Waals surface area (Å²) in [5, 5.41) is 9.23. The van der Waals surface area contributed by atoms with Crippen LogP contribution in [0.5, 0.6) is 0 Å². The van der Waals surface area contributed by atoms with Crippen LogP contribution >= 0.6 is 0 Å². The van der Waals surface area contributed by atoms with Gasteiger partial charge in [-0.1, -0.05) is 6.08 Å². The highest BCUT2D eigenvalue weighted by molar-refractivity contribution is 5.72. The molecule has 14 heavy (non-hydrogen) atoms. The van der Waals surface area contributed by atoms with Gasteiger partial charge in [-0.3, -0.25) is 9.89 Å². The minimum absolute atomic E-state index is 0.0100. The zero-order valence-electron chi connectivity index (χ0n) is 8.08. The summed E-state index contributed by atoms with van der Waals surface area (Å²) in [6.45, 7) is 2.15. The normalized spacial score (nSPS) is 10.6. The fourth-order valence-electron chi connectivity index (χ4n) is 0.980. The smallest absolute Gasteiger partial charge is 0.216 e. The Morgan fingerprint density at radius 2 is 2.57 bits per heavy atom. The molecule has 1 aromatic rings. The van der Waals surface area contributed by atoms with Crippen molar-refractivity contribution in [2.75, 3.05) is 12.3 Å². The first-order valence-electron chi connectivity index (χ1n) is 4.40. The Balaban J connectivity index is 2.24. The van der Waals surface area contributed by atoms with E-state index in [0.29, 0.717) is 12.4 Å². The number of carbonyl (C=O) groups excluding carboxylic acids is 1. The highest BCUT2D eigenvalue weighted by Gasteiger charge is 1.91. The van der Waals surface area contributed by atoms with Gasteiger partial charge in [-0.25, -0.2) is 0 Å². The van der Waals surface area contributed by atoms with E-state index in [1.807, 2.05) is 12.2 Å². The molecule has 0 atom stereocenters. The van der Waals surface area contributed by atoms with Crippen LogP contribution in [0.15, 0.2) is 12.1 Å². The lowest BCUT2D eigenvalue weighted by Gasteiger charge is -1.95. The van der Waals surface area contributed by atoms with Crippen LogP contribution in [0.1, 0.15) is 19.0 Å². The quantitative estimate of drug-likeness (QED) is 0.611. The van der Waals surface area contributed by atoms with Gasteiger partial charge in [0.25, 0.3) is 0 Å². The molecule has 5 heteroatoms. The zero-order chi connectivity index (χ0) is 10.4. The molecular weight excluding hydrogens is 180 g/mol. The lowest BCUT2D eigenvalue weighted by molar-refractivity contribution is -0.118. The van der Waals surface area contributed by atoms with Crippen molar-refractivity contribution in [3.05, 3.63) is 17.8 Å². The molecule has 1 heterocycles. The summed E-state index contributed by atoms with van der Waals surface area (Å²) in [7, 11) is 0. The predicted octanol–water partition coefficient (Wildman–Crippen LogP) is 0.531. The summed E-state index contributed by atoms with van der Waals surface area (Å²) < 4.78 is 0. The molecule has 76 valence electrons. The van der Waals surface area contributed by atoms with Gasteiger partial charge in [0.05, 0.1) is 5.69 Å². The lowest BCUT2D eigenvalue weighted by Crippen LogP contribution is -2.20. The van der Waals surface area contributed by atoms with Crippen LogP contribution in [-0.2, 0) is 4.79 Å². The Bertz CT molecular complexity index is 329. The van der Waals surface area contributed by atoms with Gasteiger partial charge in [0, 0.05) is 19.5 Å². The molecule has 0 saturated carbocycles. The van der Waals surface area contributed by atoms with Crippen molar-refractivity contribution in [2.45, 2.75) is 13.3 Å². The van der Waals surface area contributed by atoms with Crippen molar-refractivity contribution < 1.29 is 4.79 Å². The number of anilines is 1. The first kappa shape index (κ1) is 10.3. The Morgan fingerprint density at radius 1 is 1.79 bits per heavy atom. The fraction of sp³-hybridized carbons (Fsp3) is 0.333. The Kier molecular flexibility index (Phi) is 3.72. The summed E-state index contributed by atoms with van der Waals surface area (Å²) in [4.78, 5) is 10.5. The van der Waals surface area contributed by atoms with Gasteiger partial charge in [-0.2, -0.15) is 5.10 Å². The first-order valence-corrected chi connectivity index (χ1v) is 4.40. The molecular formula is C9H14N4O. The second-order valence-corrected chi connectivity index (χ2v) is 2.92. The third-order valence-corrected chi connectivity index (χ3v) is 1.60. The summed E-state index contributed by atoms with van der Waals surface area (Å²) >= 11 is 0. The maximum Gasteiger partial charge on any atom is 0.216 e. The molecule has 0 radical (unpaired) electrons. The van der Waals surface area contributed by atoms with E-state index in [1.54, 1.807) is 6.07 Å². The molecule has 0 unspecified atom stereocenters. The number of amides is 1. The van der Waals surface area contributed by atoms with Crippen LogP contribution < -0.4 is 11.1 Å². The molecule has 1 aromatic heterocycles. The van der Waals surface area contributed by atoms with E-state index in [4.69, 9.17) is 5.73 Å². The Morgan fingerprint density at radius 3 is 3.14 bits per heavy atom. The summed E-state index contributed by atoms with van der Waals surface area (Å²) in [5.41, 5.74) is 6.28. The zero-order valence-corrected chi connectivity index (χ0v) is 8.08. The highest BCUT2D eigenvalue weighted by Crippen LogP contribution is 2.02. The van der Waals surface area contributed by atoms with Crippen molar-refractivity contribution in [1.82, 2.24) is 15.5 Å². The van der Waals surface area contributed by atoms with Crippen LogP contribution in [0.25, 0.3) is 6.08 Å². The van der Waals surface area contributed by atoms with E-state index in [0.717, 1.165) is 12.1 Å². The number of H-pyrrole nitrogens is 1. The minimum atomic E-state index is -0.0100. The topological polar surface area (TPSA) is 83.8 Å². The summed E-state index contributed by atoms with van der Waals surface area (Å²) in [5.74, 6) is 0.468. The van der Waals surface area contributed by atoms with Crippen molar-refractivity contribution in [3.63, 3.8) is 0 Å². The monoisotopic (exact) mass is 194 g/mol. The van der Waals surface area contributed by atoms with E-state index in [-0.39, 0.29) is 5.91 Å². The number of carbonyl (C=O) groups is 1. The average Bonchev–Trinajstić information content (AvgIpc) is 2.50. The number of hydrogen-bond donors (Lipinski definition) is 3. The molecule has 0 aliphatic carbocycles. The maximum absolute atomic E-state index is 10.5. The van der Waals surface area contributed by atoms with Gasteiger partial charge in [0.2, 0.25) is 5.91 Å². The molecule has 1 rings (SSSR count). The van der Waals surface area contributed by atoms with Crippen LogP contribution in [0.3, 0.4) is 0 Å². The van der Waals surface area contributed by atoms with E-state index in [9.17, 15) is 4.79 Å². The second-order valence-electron chi connectivity index (χ2n) is 2.92. The molecule has 0 spiro atoms. The van der Waals surface area contributed by atoms with Crippen LogP contribution in [0, 0.1) is 0 Å². The number of rotatable bonds is 4. The predicted molar refractivity (Wildman–Crippen MR) is 55.3 cm³/mol. The number of hydrogen-bond acceptors (Lipinski definition) is 3. The summed E-state index contributed by atoms with van der Waals surface area (Å²) in [6, 6.07) is 1.74. The molecule has 0 bridgehead atoms. The van der Waals surface area contributed by atoms with E-state index >= 15 is 0 Å². The van der Waals surface area contributed by atoms with Crippen LogP contribution in [0.2, 0.25) is 0 Å². The average molecular weight is 194 g/mol. The third-order valence-electron chi connectivity index (χ3n) is 1.60. The molecule has 0 aliphatic rings. The van der Waals surface area contributed by atoms with Gasteiger partial charge in [-0.15, -0.1) is 0 Å². The summed E-state index contributed by atoms with van der Waals surface area (Å²) in [6.07, 6.45) is 4.62. The number of nitrogens with one attached hydrogen (secondary N) is 2. The molecule has 5 nitrogen and oxygen atoms in total. The second kappa shape index (κ2) is 5.06. The number of aromatic nitrogens is 2. The molecule has 1 amide bonds. The molecule has 0 aromatic carbocycles. The third kappa shape index (κ3) is 3.75. The van der Waals surface area contributed by atoms with E-state index < -0.39 is 0 Å². The van der Waals surface area contributed by atoms with E-state index in [1.165, 1.54) is 6.92 Å². The highest BCUT2D eigenvalue weighted by atomic mass is 16.1. The SMILES string of the molecule is CC(=O)NCCC=Cc1cc(N)n[nH]1. The fourth-order valence-corrected chi connectivity index (χ4v) is 0.980. The van der Waals surface area contributed by atoms with Gasteiger partial charge in [0.1, 0.15) is 5.82 Å². The molecule has 0 aliphatic heterocycles. The Hall–Kier alpha value is -1.78. The van der Waals surface area contributed by atoms with Crippen molar-refractivity contribution in [2.24, 2.45) is 0 Å². The number of aromatic amines is 1. The van der Waals surface area contributed by atoms with Gasteiger partial charge in [0.15, 0.2) is 0 Å². The van der Waals surface area contributed by atoms with E-state index in [2.05, 4.69) is 15.5 Å². The maximum atomic E-state index is 10.5. The molecule has 4 N–H and O–H groups in total. The number of nitrogens with zero attached hydrogens (tertiary/aromatic N) is 1. The van der Waals surface area contributed by atoms with Crippen LogP contribution in [0.4, 0.5) is 5.82 Å². The van der Waals surface area contributed by atoms with Crippen molar-refractivity contribution >= 4 is 17.8 Å². The lowest BCUT2D eigenvalue weighted by atomic mass is 10.3. The first-order chi connectivity index (χ1) is 6.68. The number of nitrogens with two attached hydrogens (primary N) is 1. The molecule has 0 fully saturated rings. The van der Waals surface area contributed by atoms with Crippen LogP contribution in [-0.4, -0.2) is 22.6 Å². The van der Waals surface area contributed by atoms with Gasteiger partial charge in [-0.05, 0) is 12.5 Å². The van der Waals surface area contributed by atoms with Crippen molar-refractivity contribution in [1.29, 1.82) is 0 Å². The van der Waals surface area contributed by atoms with Gasteiger partial charge < -0.3 is 11.1 Å². The largest absolute Gasteiger partial charge is 0.382 e. The van der Waals surface area contributed by atoms with Crippen molar-refractivity contribution in [3.8, 4) is 0 Å². The van der Waals surface area contributed by atoms with Gasteiger partial charge >= 0.3 is 0 Å². The molecule has 0 saturated heterocycles. The Labute approximate surface area is 82.4 Å². The number of nitrogen functional groups attached to an aromatic ring is 1. The minimum Gasteiger partial charge on any atom is -0.382 e. The standard InChI is InChI=1S/C9H14N4O/c1-7(14)11-5-3-2-4-8-6-9(10)13-12-8/h2,4,6H,3,5H2,1H3,(H,11,14)(H3,10,12,13).